The lowest BCUT2D eigenvalue weighted by atomic mass is 10.0. The monoisotopic (exact) mass is 155 g/mol. The van der Waals surface area contributed by atoms with Crippen molar-refractivity contribution in [3.63, 3.8) is 0 Å². The maximum atomic E-state index is 12.1. The van der Waals surface area contributed by atoms with Crippen LogP contribution in [0.3, 0.4) is 0 Å². The maximum absolute atomic E-state index is 12.1. The lowest BCUT2D eigenvalue weighted by molar-refractivity contribution is 0.355. The van der Waals surface area contributed by atoms with Crippen LogP contribution < -0.4 is 0 Å². The quantitative estimate of drug-likeness (QED) is 0.552. The molecule has 1 rings (SSSR count). The fourth-order valence-corrected chi connectivity index (χ4v) is 1.83. The van der Waals surface area contributed by atoms with Crippen LogP contribution in [0.15, 0.2) is 0 Å². The van der Waals surface area contributed by atoms with Crippen molar-refractivity contribution >= 4 is 0 Å². The van der Waals surface area contributed by atoms with Crippen LogP contribution in [0.1, 0.15) is 25.7 Å². The molecule has 2 atom stereocenters. The normalized spacial score (nSPS) is 30.2. The Kier molecular flexibility index (Phi) is 3.35. The van der Waals surface area contributed by atoms with Gasteiger partial charge in [-0.2, -0.15) is 0 Å². The van der Waals surface area contributed by atoms with Crippen LogP contribution in [-0.4, -0.2) is 13.2 Å². The predicted octanol–water partition coefficient (Wildman–Crippen LogP) is 2.68. The first kappa shape index (κ1) is 8.52. The van der Waals surface area contributed by atoms with Gasteiger partial charge in [0.15, 0.2) is 0 Å². The SMILES string of the molecule is [C-]#[N+]CCC1CCC(CF)C1. The lowest BCUT2D eigenvalue weighted by Crippen LogP contribution is -1.99. The molecule has 11 heavy (non-hydrogen) atoms. The topological polar surface area (TPSA) is 4.36 Å². The van der Waals surface area contributed by atoms with Crippen LogP contribution in [-0.2, 0) is 0 Å². The Balaban J connectivity index is 2.15. The Morgan fingerprint density at radius 3 is 2.64 bits per heavy atom. The molecule has 1 aliphatic carbocycles. The van der Waals surface area contributed by atoms with E-state index in [1.807, 2.05) is 0 Å². The van der Waals surface area contributed by atoms with E-state index in [4.69, 9.17) is 6.57 Å². The van der Waals surface area contributed by atoms with Gasteiger partial charge in [-0.05, 0) is 31.1 Å². The van der Waals surface area contributed by atoms with E-state index in [0.717, 1.165) is 25.7 Å². The molecule has 0 radical (unpaired) electrons. The Morgan fingerprint density at radius 2 is 2.09 bits per heavy atom. The van der Waals surface area contributed by atoms with Crippen LogP contribution in [0, 0.1) is 18.4 Å². The predicted molar refractivity (Wildman–Crippen MR) is 42.9 cm³/mol. The molecule has 0 saturated heterocycles. The van der Waals surface area contributed by atoms with Crippen LogP contribution in [0.25, 0.3) is 4.85 Å². The fraction of sp³-hybridized carbons (Fsp3) is 0.889. The molecule has 1 nitrogen and oxygen atoms in total. The fourth-order valence-electron chi connectivity index (χ4n) is 1.83. The Hall–Kier alpha value is -0.580. The Labute approximate surface area is 67.4 Å². The van der Waals surface area contributed by atoms with E-state index in [-0.39, 0.29) is 6.67 Å². The molecular formula is C9H14FN. The number of alkyl halides is 1. The summed E-state index contributed by atoms with van der Waals surface area (Å²) < 4.78 is 12.1. The molecule has 0 bridgehead atoms. The summed E-state index contributed by atoms with van der Waals surface area (Å²) in [5.74, 6) is 0.954. The van der Waals surface area contributed by atoms with Crippen LogP contribution in [0.2, 0.25) is 0 Å². The third-order valence-corrected chi connectivity index (χ3v) is 2.52. The average molecular weight is 155 g/mol. The summed E-state index contributed by atoms with van der Waals surface area (Å²) >= 11 is 0. The number of hydrogen-bond donors (Lipinski definition) is 0. The van der Waals surface area contributed by atoms with Crippen LogP contribution in [0.5, 0.6) is 0 Å². The molecule has 0 aromatic heterocycles. The van der Waals surface area contributed by atoms with Gasteiger partial charge in [-0.1, -0.05) is 0 Å². The third-order valence-electron chi connectivity index (χ3n) is 2.52. The second-order valence-electron chi connectivity index (χ2n) is 3.37. The van der Waals surface area contributed by atoms with Gasteiger partial charge in [-0.25, -0.2) is 6.57 Å². The van der Waals surface area contributed by atoms with Gasteiger partial charge in [0.2, 0.25) is 6.54 Å². The standard InChI is InChI=1S/C9H14FN/c1-11-5-4-8-2-3-9(6-8)7-10/h8-9H,2-7H2. The molecule has 2 unspecified atom stereocenters. The minimum atomic E-state index is -0.158. The van der Waals surface area contributed by atoms with E-state index < -0.39 is 0 Å². The lowest BCUT2D eigenvalue weighted by Gasteiger charge is -2.03. The first-order chi connectivity index (χ1) is 5.36. The van der Waals surface area contributed by atoms with Gasteiger partial charge in [0, 0.05) is 6.42 Å². The minimum absolute atomic E-state index is 0.158. The number of rotatable bonds is 3. The Morgan fingerprint density at radius 1 is 1.36 bits per heavy atom. The van der Waals surface area contributed by atoms with E-state index in [0.29, 0.717) is 18.4 Å². The van der Waals surface area contributed by atoms with Gasteiger partial charge < -0.3 is 4.85 Å². The molecule has 62 valence electrons. The van der Waals surface area contributed by atoms with Gasteiger partial charge in [0.05, 0.1) is 6.67 Å². The molecule has 0 spiro atoms. The van der Waals surface area contributed by atoms with E-state index in [1.54, 1.807) is 0 Å². The summed E-state index contributed by atoms with van der Waals surface area (Å²) in [6.07, 6.45) is 4.19. The van der Waals surface area contributed by atoms with Crippen molar-refractivity contribution in [2.75, 3.05) is 13.2 Å². The third kappa shape index (κ3) is 2.49. The highest BCUT2D eigenvalue weighted by atomic mass is 19.1. The zero-order chi connectivity index (χ0) is 8.10. The summed E-state index contributed by atoms with van der Waals surface area (Å²) in [7, 11) is 0. The summed E-state index contributed by atoms with van der Waals surface area (Å²) in [5.41, 5.74) is 0. The summed E-state index contributed by atoms with van der Waals surface area (Å²) in [6.45, 7) is 7.08. The molecule has 1 saturated carbocycles. The smallest absolute Gasteiger partial charge is 0.214 e. The van der Waals surface area contributed by atoms with Gasteiger partial charge in [0.1, 0.15) is 0 Å². The minimum Gasteiger partial charge on any atom is -0.317 e. The van der Waals surface area contributed by atoms with Crippen molar-refractivity contribution in [3.8, 4) is 0 Å². The van der Waals surface area contributed by atoms with E-state index >= 15 is 0 Å². The molecule has 0 amide bonds. The molecule has 2 heteroatoms. The van der Waals surface area contributed by atoms with Crippen molar-refractivity contribution in [2.45, 2.75) is 25.7 Å². The molecular weight excluding hydrogens is 141 g/mol. The van der Waals surface area contributed by atoms with Crippen LogP contribution >= 0.6 is 0 Å². The van der Waals surface area contributed by atoms with Crippen LogP contribution in [0.4, 0.5) is 4.39 Å². The average Bonchev–Trinajstić information content (AvgIpc) is 2.48. The number of halogens is 1. The summed E-state index contributed by atoms with van der Waals surface area (Å²) in [4.78, 5) is 3.31. The van der Waals surface area contributed by atoms with Gasteiger partial charge >= 0.3 is 0 Å². The molecule has 0 aromatic rings. The maximum Gasteiger partial charge on any atom is 0.214 e. The van der Waals surface area contributed by atoms with Crippen molar-refractivity contribution in [1.29, 1.82) is 0 Å². The zero-order valence-electron chi connectivity index (χ0n) is 6.72. The molecule has 1 fully saturated rings. The summed E-state index contributed by atoms with van der Waals surface area (Å²) in [6, 6.07) is 0. The zero-order valence-corrected chi connectivity index (χ0v) is 6.72. The molecule has 0 aliphatic heterocycles. The highest BCUT2D eigenvalue weighted by molar-refractivity contribution is 4.77. The molecule has 0 N–H and O–H groups in total. The van der Waals surface area contributed by atoms with Crippen molar-refractivity contribution in [3.05, 3.63) is 11.4 Å². The number of nitrogens with zero attached hydrogens (tertiary/aromatic N) is 1. The highest BCUT2D eigenvalue weighted by Gasteiger charge is 2.24. The van der Waals surface area contributed by atoms with Gasteiger partial charge in [-0.15, -0.1) is 0 Å². The second-order valence-corrected chi connectivity index (χ2v) is 3.37. The molecule has 1 aliphatic rings. The van der Waals surface area contributed by atoms with E-state index in [9.17, 15) is 4.39 Å². The highest BCUT2D eigenvalue weighted by Crippen LogP contribution is 2.33. The molecule has 0 aromatic carbocycles. The van der Waals surface area contributed by atoms with E-state index in [2.05, 4.69) is 4.85 Å². The first-order valence-corrected chi connectivity index (χ1v) is 4.26. The molecule has 0 heterocycles. The van der Waals surface area contributed by atoms with Crippen molar-refractivity contribution in [1.82, 2.24) is 0 Å². The Bertz CT molecular complexity index is 150. The van der Waals surface area contributed by atoms with Gasteiger partial charge in [-0.3, -0.25) is 4.39 Å². The van der Waals surface area contributed by atoms with Crippen molar-refractivity contribution in [2.24, 2.45) is 11.8 Å². The van der Waals surface area contributed by atoms with Crippen molar-refractivity contribution < 1.29 is 4.39 Å². The summed E-state index contributed by atoms with van der Waals surface area (Å²) in [5, 5.41) is 0. The van der Waals surface area contributed by atoms with Gasteiger partial charge in [0.25, 0.3) is 0 Å². The second kappa shape index (κ2) is 4.33. The largest absolute Gasteiger partial charge is 0.317 e. The number of hydrogen-bond acceptors (Lipinski definition) is 0. The first-order valence-electron chi connectivity index (χ1n) is 4.26. The van der Waals surface area contributed by atoms with E-state index in [1.165, 1.54) is 0 Å².